The predicted molar refractivity (Wildman–Crippen MR) is 150 cm³/mol. The van der Waals surface area contributed by atoms with Gasteiger partial charge in [-0.25, -0.2) is 19.4 Å². The average Bonchev–Trinajstić information content (AvgIpc) is 3.34. The Bertz CT molecular complexity index is 1330. The van der Waals surface area contributed by atoms with Crippen LogP contribution < -0.4 is 4.90 Å². The molecule has 10 heteroatoms. The molecule has 3 aromatic rings. The Hall–Kier alpha value is -3.24. The molecule has 2 aliphatic rings. The summed E-state index contributed by atoms with van der Waals surface area (Å²) in [5.41, 5.74) is 3.04. The number of hydrogen-bond donors (Lipinski definition) is 1. The molecule has 2 saturated heterocycles. The smallest absolute Gasteiger partial charge is 0.410 e. The molecule has 1 aromatic carbocycles. The second-order valence-corrected chi connectivity index (χ2v) is 11.5. The van der Waals surface area contributed by atoms with Crippen molar-refractivity contribution in [3.05, 3.63) is 41.3 Å². The number of morpholine rings is 1. The van der Waals surface area contributed by atoms with Crippen molar-refractivity contribution in [1.82, 2.24) is 24.6 Å². The summed E-state index contributed by atoms with van der Waals surface area (Å²) in [7, 11) is 0. The highest BCUT2D eigenvalue weighted by atomic mass is 16.6. The lowest BCUT2D eigenvalue weighted by molar-refractivity contribution is 0.00334. The molecule has 2 aliphatic heterocycles. The van der Waals surface area contributed by atoms with Gasteiger partial charge in [-0.05, 0) is 69.7 Å². The van der Waals surface area contributed by atoms with Crippen LogP contribution in [-0.2, 0) is 15.9 Å². The van der Waals surface area contributed by atoms with Crippen molar-refractivity contribution >= 4 is 22.8 Å². The Labute approximate surface area is 229 Å². The second kappa shape index (κ2) is 11.1. The van der Waals surface area contributed by atoms with Gasteiger partial charge in [0, 0.05) is 44.1 Å². The first-order valence-electron chi connectivity index (χ1n) is 14.0. The number of likely N-dealkylation sites (tertiary alicyclic amines) is 1. The minimum absolute atomic E-state index is 0.0162. The van der Waals surface area contributed by atoms with E-state index in [1.54, 1.807) is 0 Å². The number of anilines is 1. The number of amides is 1. The first-order chi connectivity index (χ1) is 18.6. The van der Waals surface area contributed by atoms with Crippen LogP contribution >= 0.6 is 0 Å². The number of aliphatic hydroxyl groups is 1. The maximum absolute atomic E-state index is 12.6. The van der Waals surface area contributed by atoms with Crippen LogP contribution in [0.2, 0.25) is 0 Å². The zero-order valence-corrected chi connectivity index (χ0v) is 23.7. The molecule has 0 aliphatic carbocycles. The minimum Gasteiger partial charge on any atom is -0.444 e. The van der Waals surface area contributed by atoms with E-state index in [2.05, 4.69) is 24.0 Å². The van der Waals surface area contributed by atoms with Crippen LogP contribution in [0.3, 0.4) is 0 Å². The number of aromatic nitrogens is 4. The van der Waals surface area contributed by atoms with E-state index in [0.29, 0.717) is 45.1 Å². The van der Waals surface area contributed by atoms with Crippen molar-refractivity contribution in [3.8, 4) is 5.82 Å². The molecule has 1 amide bonds. The number of carbonyl (C=O) groups excluding carboxylic acids is 1. The second-order valence-electron chi connectivity index (χ2n) is 11.5. The summed E-state index contributed by atoms with van der Waals surface area (Å²) < 4.78 is 13.1. The zero-order valence-electron chi connectivity index (χ0n) is 23.7. The molecule has 2 aromatic heterocycles. The van der Waals surface area contributed by atoms with Gasteiger partial charge in [0.05, 0.1) is 31.0 Å². The SMILES string of the molecule is CCc1nc(N2CCOC(CO)C2)cc(-n2ncc3cc(C)c(C4CCN(C(=O)OC(C)(C)C)CC4)cc32)n1. The first kappa shape index (κ1) is 27.3. The number of carbonyl (C=O) groups is 1. The van der Waals surface area contributed by atoms with Crippen molar-refractivity contribution in [3.63, 3.8) is 0 Å². The first-order valence-corrected chi connectivity index (χ1v) is 14.0. The standard InChI is InChI=1S/C29H40N6O4/c1-6-25-31-26(34-11-12-38-22(17-34)18-36)15-27(32-25)35-24-14-23(19(2)13-21(24)16-30-35)20-7-9-33(10-8-20)28(37)39-29(3,4)5/h13-16,20,22,36H,6-12,17-18H2,1-5H3. The summed E-state index contributed by atoms with van der Waals surface area (Å²) in [6.07, 6.45) is 3.92. The molecule has 210 valence electrons. The highest BCUT2D eigenvalue weighted by Gasteiger charge is 2.29. The summed E-state index contributed by atoms with van der Waals surface area (Å²) in [6.45, 7) is 13.1. The molecule has 0 spiro atoms. The third kappa shape index (κ3) is 6.01. The molecule has 39 heavy (non-hydrogen) atoms. The molecule has 10 nitrogen and oxygen atoms in total. The topological polar surface area (TPSA) is 106 Å². The van der Waals surface area contributed by atoms with Gasteiger partial charge in [-0.15, -0.1) is 0 Å². The normalized spacial score (nSPS) is 19.1. The minimum atomic E-state index is -0.491. The summed E-state index contributed by atoms with van der Waals surface area (Å²) in [5, 5.41) is 15.4. The van der Waals surface area contributed by atoms with Gasteiger partial charge in [-0.3, -0.25) is 0 Å². The van der Waals surface area contributed by atoms with Crippen molar-refractivity contribution in [2.45, 2.75) is 71.5 Å². The molecule has 1 unspecified atom stereocenters. The van der Waals surface area contributed by atoms with Gasteiger partial charge in [-0.2, -0.15) is 5.10 Å². The van der Waals surface area contributed by atoms with Gasteiger partial charge in [0.1, 0.15) is 17.2 Å². The lowest BCUT2D eigenvalue weighted by Crippen LogP contribution is -2.44. The van der Waals surface area contributed by atoms with E-state index in [-0.39, 0.29) is 18.8 Å². The van der Waals surface area contributed by atoms with Crippen LogP contribution in [0.4, 0.5) is 10.6 Å². The highest BCUT2D eigenvalue weighted by molar-refractivity contribution is 5.82. The van der Waals surface area contributed by atoms with E-state index < -0.39 is 5.60 Å². The molecule has 0 saturated carbocycles. The average molecular weight is 537 g/mol. The maximum Gasteiger partial charge on any atom is 0.410 e. The molecular weight excluding hydrogens is 496 g/mol. The van der Waals surface area contributed by atoms with Crippen LogP contribution in [0.1, 0.15) is 63.4 Å². The third-order valence-electron chi connectivity index (χ3n) is 7.49. The van der Waals surface area contributed by atoms with Gasteiger partial charge in [0.15, 0.2) is 5.82 Å². The molecule has 0 bridgehead atoms. The number of aliphatic hydroxyl groups excluding tert-OH is 1. The number of fused-ring (bicyclic) bond motifs is 1. The molecule has 1 atom stereocenters. The third-order valence-corrected chi connectivity index (χ3v) is 7.49. The summed E-state index contributed by atoms with van der Waals surface area (Å²) >= 11 is 0. The van der Waals surface area contributed by atoms with Crippen molar-refractivity contribution < 1.29 is 19.4 Å². The predicted octanol–water partition coefficient (Wildman–Crippen LogP) is 4.00. The number of piperidine rings is 1. The number of ether oxygens (including phenoxy) is 2. The summed E-state index contributed by atoms with van der Waals surface area (Å²) in [6, 6.07) is 6.42. The van der Waals surface area contributed by atoms with Gasteiger partial charge in [-0.1, -0.05) is 6.92 Å². The van der Waals surface area contributed by atoms with Crippen molar-refractivity contribution in [2.24, 2.45) is 0 Å². The number of hydrogen-bond acceptors (Lipinski definition) is 8. The fourth-order valence-corrected chi connectivity index (χ4v) is 5.46. The van der Waals surface area contributed by atoms with E-state index >= 15 is 0 Å². The number of nitrogens with zero attached hydrogens (tertiary/aromatic N) is 6. The fourth-order valence-electron chi connectivity index (χ4n) is 5.46. The fraction of sp³-hybridized carbons (Fsp3) is 0.586. The molecule has 5 rings (SSSR count). The van der Waals surface area contributed by atoms with E-state index in [1.807, 2.05) is 49.5 Å². The van der Waals surface area contributed by atoms with Crippen molar-refractivity contribution in [2.75, 3.05) is 44.3 Å². The maximum atomic E-state index is 12.6. The van der Waals surface area contributed by atoms with Gasteiger partial charge >= 0.3 is 6.09 Å². The van der Waals surface area contributed by atoms with E-state index in [9.17, 15) is 9.90 Å². The summed E-state index contributed by atoms with van der Waals surface area (Å²) in [5.74, 6) is 2.66. The summed E-state index contributed by atoms with van der Waals surface area (Å²) in [4.78, 5) is 26.1. The lowest BCUT2D eigenvalue weighted by Gasteiger charge is -2.34. The Morgan fingerprint density at radius 3 is 2.56 bits per heavy atom. The molecule has 0 radical (unpaired) electrons. The number of benzene rings is 1. The van der Waals surface area contributed by atoms with E-state index in [4.69, 9.17) is 24.5 Å². The van der Waals surface area contributed by atoms with Crippen LogP contribution in [-0.4, -0.2) is 86.9 Å². The quantitative estimate of drug-likeness (QED) is 0.522. The van der Waals surface area contributed by atoms with Gasteiger partial charge in [0.25, 0.3) is 0 Å². The lowest BCUT2D eigenvalue weighted by atomic mass is 9.86. The molecular formula is C29H40N6O4. The Balaban J connectivity index is 1.42. The van der Waals surface area contributed by atoms with Crippen LogP contribution in [0, 0.1) is 6.92 Å². The van der Waals surface area contributed by atoms with Crippen LogP contribution in [0.5, 0.6) is 0 Å². The Kier molecular flexibility index (Phi) is 7.77. The number of aryl methyl sites for hydroxylation is 2. The zero-order chi connectivity index (χ0) is 27.7. The van der Waals surface area contributed by atoms with Crippen molar-refractivity contribution in [1.29, 1.82) is 0 Å². The van der Waals surface area contributed by atoms with Gasteiger partial charge in [0.2, 0.25) is 0 Å². The Morgan fingerprint density at radius 1 is 1.13 bits per heavy atom. The largest absolute Gasteiger partial charge is 0.444 e. The highest BCUT2D eigenvalue weighted by Crippen LogP contribution is 2.34. The van der Waals surface area contributed by atoms with E-state index in [1.165, 1.54) is 11.1 Å². The van der Waals surface area contributed by atoms with Gasteiger partial charge < -0.3 is 24.4 Å². The Morgan fingerprint density at radius 2 is 1.87 bits per heavy atom. The molecule has 1 N–H and O–H groups in total. The monoisotopic (exact) mass is 536 g/mol. The van der Waals surface area contributed by atoms with E-state index in [0.717, 1.165) is 41.2 Å². The molecule has 4 heterocycles. The van der Waals surface area contributed by atoms with Crippen LogP contribution in [0.15, 0.2) is 24.4 Å². The number of rotatable bonds is 5. The molecule has 2 fully saturated rings. The van der Waals surface area contributed by atoms with Crippen LogP contribution in [0.25, 0.3) is 16.7 Å².